The van der Waals surface area contributed by atoms with Crippen molar-refractivity contribution in [2.45, 2.75) is 32.6 Å². The highest BCUT2D eigenvalue weighted by Gasteiger charge is 2.49. The molecule has 3 amide bonds. The third kappa shape index (κ3) is 3.52. The Balaban J connectivity index is 1.60. The van der Waals surface area contributed by atoms with Gasteiger partial charge in [0.1, 0.15) is 18.9 Å². The molecule has 0 aliphatic carbocycles. The van der Waals surface area contributed by atoms with E-state index >= 15 is 0 Å². The fourth-order valence-corrected chi connectivity index (χ4v) is 4.69. The number of allylic oxidation sites excluding steroid dienone is 1. The Labute approximate surface area is 172 Å². The molecule has 3 aliphatic heterocycles. The Morgan fingerprint density at radius 1 is 1.07 bits per heavy atom. The molecule has 2 fully saturated rings. The quantitative estimate of drug-likeness (QED) is 0.742. The minimum absolute atomic E-state index is 0.174. The Kier molecular flexibility index (Phi) is 5.35. The normalized spacial score (nSPS) is 25.1. The summed E-state index contributed by atoms with van der Waals surface area (Å²) in [5.74, 6) is 0.561. The summed E-state index contributed by atoms with van der Waals surface area (Å²) in [5, 5.41) is 0. The van der Waals surface area contributed by atoms with Crippen molar-refractivity contribution in [3.8, 4) is 0 Å². The van der Waals surface area contributed by atoms with Crippen molar-refractivity contribution in [2.24, 2.45) is 16.8 Å². The number of fused-ring (bicyclic) bond motifs is 1. The van der Waals surface area contributed by atoms with E-state index in [1.54, 1.807) is 14.1 Å². The average molecular weight is 394 g/mol. The van der Waals surface area contributed by atoms with Crippen LogP contribution in [0.1, 0.15) is 31.7 Å². The van der Waals surface area contributed by atoms with Crippen LogP contribution in [0.4, 0.5) is 4.79 Å². The van der Waals surface area contributed by atoms with Gasteiger partial charge in [-0.15, -0.1) is 0 Å². The molecule has 1 atom stereocenters. The summed E-state index contributed by atoms with van der Waals surface area (Å²) in [5.41, 5.74) is 3.54. The van der Waals surface area contributed by atoms with E-state index in [9.17, 15) is 9.59 Å². The monoisotopic (exact) mass is 393 g/mol. The maximum Gasteiger partial charge on any atom is 0.331 e. The molecule has 1 aromatic carbocycles. The number of hydrogen-bond donors (Lipinski definition) is 0. The standard InChI is InChI=1S/C23H29N4O2/c1-4-18-15-24-21-19(22(28)26(3)23(29)25(21)2)20(18)27-12-10-17(11-13-27)14-16-8-6-5-7-9-16/h5-9,15,17,19H,4,10-14H2,1-3H3/q+1. The summed E-state index contributed by atoms with van der Waals surface area (Å²) in [7, 11) is 3.26. The molecule has 0 aromatic heterocycles. The molecule has 0 spiro atoms. The van der Waals surface area contributed by atoms with Crippen molar-refractivity contribution in [3.05, 3.63) is 47.7 Å². The number of imide groups is 1. The summed E-state index contributed by atoms with van der Waals surface area (Å²) >= 11 is 0. The molecule has 0 radical (unpaired) electrons. The maximum absolute atomic E-state index is 13.1. The van der Waals surface area contributed by atoms with Crippen LogP contribution in [0.5, 0.6) is 0 Å². The van der Waals surface area contributed by atoms with Crippen LogP contribution in [0.2, 0.25) is 0 Å². The van der Waals surface area contributed by atoms with Crippen LogP contribution in [0.25, 0.3) is 0 Å². The van der Waals surface area contributed by atoms with Gasteiger partial charge in [-0.05, 0) is 24.3 Å². The van der Waals surface area contributed by atoms with Gasteiger partial charge in [0.05, 0.1) is 0 Å². The molecule has 0 saturated carbocycles. The molecule has 4 rings (SSSR count). The molecule has 1 unspecified atom stereocenters. The van der Waals surface area contributed by atoms with Gasteiger partial charge in [-0.3, -0.25) is 14.6 Å². The number of piperidine rings is 1. The Hall–Kier alpha value is -2.76. The van der Waals surface area contributed by atoms with Crippen LogP contribution < -0.4 is 0 Å². The van der Waals surface area contributed by atoms with Crippen molar-refractivity contribution in [1.29, 1.82) is 0 Å². The zero-order valence-corrected chi connectivity index (χ0v) is 17.5. The van der Waals surface area contributed by atoms with Gasteiger partial charge in [0, 0.05) is 38.7 Å². The van der Waals surface area contributed by atoms with Crippen LogP contribution in [-0.2, 0) is 11.2 Å². The first-order chi connectivity index (χ1) is 14.0. The highest BCUT2D eigenvalue weighted by atomic mass is 16.2. The van der Waals surface area contributed by atoms with Gasteiger partial charge in [0.25, 0.3) is 5.91 Å². The lowest BCUT2D eigenvalue weighted by Crippen LogP contribution is -2.61. The summed E-state index contributed by atoms with van der Waals surface area (Å²) in [4.78, 5) is 32.6. The van der Waals surface area contributed by atoms with E-state index in [0.29, 0.717) is 11.8 Å². The fourth-order valence-electron chi connectivity index (χ4n) is 4.69. The second-order valence-electron chi connectivity index (χ2n) is 8.17. The van der Waals surface area contributed by atoms with E-state index in [0.717, 1.165) is 50.1 Å². The Morgan fingerprint density at radius 2 is 1.76 bits per heavy atom. The third-order valence-electron chi connectivity index (χ3n) is 6.41. The molecule has 6 nitrogen and oxygen atoms in total. The number of urea groups is 1. The Bertz CT molecular complexity index is 906. The summed E-state index contributed by atoms with van der Waals surface area (Å²) in [6, 6.07) is 10.3. The molecule has 3 heterocycles. The van der Waals surface area contributed by atoms with Gasteiger partial charge in [-0.1, -0.05) is 37.3 Å². The number of carbonyl (C=O) groups is 2. The highest BCUT2D eigenvalue weighted by molar-refractivity contribution is 6.32. The molecule has 1 aromatic rings. The Morgan fingerprint density at radius 3 is 2.41 bits per heavy atom. The summed E-state index contributed by atoms with van der Waals surface area (Å²) in [6.07, 6.45) is 5.98. The van der Waals surface area contributed by atoms with Gasteiger partial charge in [-0.25, -0.2) is 14.4 Å². The van der Waals surface area contributed by atoms with Crippen LogP contribution >= 0.6 is 0 Å². The molecular weight excluding hydrogens is 364 g/mol. The fraction of sp³-hybridized carbons (Fsp3) is 0.478. The van der Waals surface area contributed by atoms with E-state index < -0.39 is 5.92 Å². The lowest BCUT2D eigenvalue weighted by molar-refractivity contribution is -0.542. The van der Waals surface area contributed by atoms with E-state index in [1.165, 1.54) is 15.4 Å². The number of hydrogen-bond acceptors (Lipinski definition) is 3. The largest absolute Gasteiger partial charge is 0.331 e. The van der Waals surface area contributed by atoms with Crippen molar-refractivity contribution in [3.63, 3.8) is 0 Å². The van der Waals surface area contributed by atoms with Crippen molar-refractivity contribution < 1.29 is 14.2 Å². The van der Waals surface area contributed by atoms with Crippen LogP contribution in [0, 0.1) is 11.8 Å². The third-order valence-corrected chi connectivity index (χ3v) is 6.41. The summed E-state index contributed by atoms with van der Waals surface area (Å²) < 4.78 is 2.37. The average Bonchev–Trinajstić information content (AvgIpc) is 2.76. The first-order valence-corrected chi connectivity index (χ1v) is 10.5. The lowest BCUT2D eigenvalue weighted by Gasteiger charge is -2.37. The van der Waals surface area contributed by atoms with Gasteiger partial charge in [-0.2, -0.15) is 0 Å². The number of nitrogens with zero attached hydrogens (tertiary/aromatic N) is 4. The predicted octanol–water partition coefficient (Wildman–Crippen LogP) is 2.94. The van der Waals surface area contributed by atoms with E-state index in [1.807, 2.05) is 6.20 Å². The van der Waals surface area contributed by atoms with Gasteiger partial charge in [0.2, 0.25) is 5.71 Å². The number of carbonyl (C=O) groups excluding carboxylic acids is 2. The first kappa shape index (κ1) is 19.6. The topological polar surface area (TPSA) is 56.0 Å². The minimum Gasteiger partial charge on any atom is -0.284 e. The summed E-state index contributed by atoms with van der Waals surface area (Å²) in [6.45, 7) is 3.96. The van der Waals surface area contributed by atoms with Crippen molar-refractivity contribution in [1.82, 2.24) is 9.80 Å². The number of benzene rings is 1. The number of amidine groups is 1. The second kappa shape index (κ2) is 7.93. The maximum atomic E-state index is 13.1. The van der Waals surface area contributed by atoms with E-state index in [-0.39, 0.29) is 11.9 Å². The van der Waals surface area contributed by atoms with E-state index in [2.05, 4.69) is 46.8 Å². The molecule has 0 bridgehead atoms. The van der Waals surface area contributed by atoms with Crippen LogP contribution in [0.15, 0.2) is 47.1 Å². The highest BCUT2D eigenvalue weighted by Crippen LogP contribution is 2.28. The number of aliphatic imine (C=N–C) groups is 1. The SMILES string of the molecule is CCC1=CN=C2C(C(=O)N(C)C(=O)N2C)C1=[N+]1CCC(Cc2ccccc2)CC1. The molecule has 29 heavy (non-hydrogen) atoms. The number of rotatable bonds is 3. The van der Waals surface area contributed by atoms with E-state index in [4.69, 9.17) is 0 Å². The van der Waals surface area contributed by atoms with Crippen LogP contribution in [0.3, 0.4) is 0 Å². The first-order valence-electron chi connectivity index (χ1n) is 10.5. The number of amides is 3. The van der Waals surface area contributed by atoms with Crippen LogP contribution in [-0.4, -0.2) is 65.0 Å². The minimum atomic E-state index is -0.478. The molecule has 152 valence electrons. The van der Waals surface area contributed by atoms with Gasteiger partial charge in [0.15, 0.2) is 5.92 Å². The van der Waals surface area contributed by atoms with Crippen molar-refractivity contribution >= 4 is 23.5 Å². The molecule has 2 saturated heterocycles. The molecular formula is C23H29N4O2+. The van der Waals surface area contributed by atoms with Gasteiger partial charge < -0.3 is 0 Å². The predicted molar refractivity (Wildman–Crippen MR) is 113 cm³/mol. The van der Waals surface area contributed by atoms with Gasteiger partial charge >= 0.3 is 6.03 Å². The van der Waals surface area contributed by atoms with Crippen molar-refractivity contribution in [2.75, 3.05) is 27.2 Å². The second-order valence-corrected chi connectivity index (χ2v) is 8.17. The lowest BCUT2D eigenvalue weighted by atomic mass is 9.86. The zero-order valence-electron chi connectivity index (χ0n) is 17.5. The smallest absolute Gasteiger partial charge is 0.284 e. The zero-order chi connectivity index (χ0) is 20.5. The molecule has 0 N–H and O–H groups in total. The molecule has 6 heteroatoms. The molecule has 3 aliphatic rings.